The van der Waals surface area contributed by atoms with Crippen molar-refractivity contribution in [3.05, 3.63) is 0 Å². The third-order valence-corrected chi connectivity index (χ3v) is 6.51. The second-order valence-corrected chi connectivity index (χ2v) is 10.1. The number of rotatable bonds is 23. The van der Waals surface area contributed by atoms with Gasteiger partial charge >= 0.3 is 0 Å². The predicted molar refractivity (Wildman–Crippen MR) is 124 cm³/mol. The molecule has 0 aromatic carbocycles. The molecule has 6 nitrogen and oxygen atoms in total. The lowest BCUT2D eigenvalue weighted by atomic mass is 10.1. The highest BCUT2D eigenvalue weighted by molar-refractivity contribution is 7.85. The molecular formula is C23H49NO5S. The maximum Gasteiger partial charge on any atom is 0.102 e. The molecule has 7 heteroatoms. The number of hydrogen-bond donors (Lipinski definition) is 0. The van der Waals surface area contributed by atoms with Gasteiger partial charge in [0.2, 0.25) is 0 Å². The van der Waals surface area contributed by atoms with E-state index < -0.39 is 10.1 Å². The number of hydrogen-bond acceptors (Lipinski definition) is 5. The molecule has 0 spiro atoms. The number of unbranched alkanes of at least 4 members (excludes halogenated alkanes) is 7. The third kappa shape index (κ3) is 18.6. The van der Waals surface area contributed by atoms with Crippen molar-refractivity contribution in [3.8, 4) is 0 Å². The molecule has 0 amide bonds. The van der Waals surface area contributed by atoms with Crippen LogP contribution in [0, 0.1) is 0 Å². The first-order valence-corrected chi connectivity index (χ1v) is 13.9. The lowest BCUT2D eigenvalue weighted by Crippen LogP contribution is -2.52. The van der Waals surface area contributed by atoms with Crippen LogP contribution in [0.25, 0.3) is 0 Å². The molecule has 0 saturated carbocycles. The van der Waals surface area contributed by atoms with Crippen LogP contribution < -0.4 is 0 Å². The summed E-state index contributed by atoms with van der Waals surface area (Å²) in [5, 5.41) is 0. The summed E-state index contributed by atoms with van der Waals surface area (Å²) in [6.07, 6.45) is 12.2. The molecule has 0 N–H and O–H groups in total. The van der Waals surface area contributed by atoms with E-state index in [1.165, 1.54) is 38.5 Å². The average Bonchev–Trinajstić information content (AvgIpc) is 2.69. The Kier molecular flexibility index (Phi) is 19.3. The zero-order chi connectivity index (χ0) is 22.6. The lowest BCUT2D eigenvalue weighted by Gasteiger charge is -2.39. The molecule has 0 radical (unpaired) electrons. The first kappa shape index (κ1) is 29.8. The molecule has 0 rings (SSSR count). The summed E-state index contributed by atoms with van der Waals surface area (Å²) in [6, 6.07) is 0. The first-order chi connectivity index (χ1) is 14.4. The smallest absolute Gasteiger partial charge is 0.102 e. The first-order valence-electron chi connectivity index (χ1n) is 12.3. The van der Waals surface area contributed by atoms with Gasteiger partial charge in [0.15, 0.2) is 0 Å². The summed E-state index contributed by atoms with van der Waals surface area (Å²) < 4.78 is 45.7. The van der Waals surface area contributed by atoms with E-state index in [1.54, 1.807) is 0 Å². The van der Waals surface area contributed by atoms with E-state index in [0.717, 1.165) is 63.0 Å². The van der Waals surface area contributed by atoms with Crippen LogP contribution in [0.2, 0.25) is 0 Å². The van der Waals surface area contributed by atoms with Crippen LogP contribution in [0.4, 0.5) is 0 Å². The fourth-order valence-corrected chi connectivity index (χ4v) is 4.30. The van der Waals surface area contributed by atoms with Crippen molar-refractivity contribution in [2.75, 3.05) is 58.4 Å². The molecular weight excluding hydrogens is 402 g/mol. The van der Waals surface area contributed by atoms with Crippen molar-refractivity contribution in [1.29, 1.82) is 0 Å². The van der Waals surface area contributed by atoms with Crippen molar-refractivity contribution in [1.82, 2.24) is 0 Å². The fraction of sp³-hybridized carbons (Fsp3) is 1.00. The van der Waals surface area contributed by atoms with E-state index in [0.29, 0.717) is 26.2 Å². The molecule has 30 heavy (non-hydrogen) atoms. The van der Waals surface area contributed by atoms with E-state index in [-0.39, 0.29) is 5.75 Å². The highest BCUT2D eigenvalue weighted by atomic mass is 32.2. The summed E-state index contributed by atoms with van der Waals surface area (Å²) in [5.74, 6) is -0.261. The van der Waals surface area contributed by atoms with Crippen molar-refractivity contribution in [2.24, 2.45) is 0 Å². The zero-order valence-electron chi connectivity index (χ0n) is 20.0. The van der Waals surface area contributed by atoms with Crippen LogP contribution in [-0.4, -0.2) is 75.8 Å². The van der Waals surface area contributed by atoms with Crippen LogP contribution in [0.3, 0.4) is 0 Å². The largest absolute Gasteiger partial charge is 0.748 e. The van der Waals surface area contributed by atoms with E-state index in [1.807, 2.05) is 0 Å². The molecule has 182 valence electrons. The van der Waals surface area contributed by atoms with Crippen LogP contribution >= 0.6 is 0 Å². The Labute approximate surface area is 187 Å². The normalized spacial score (nSPS) is 12.5. The van der Waals surface area contributed by atoms with Gasteiger partial charge in [0.1, 0.15) is 6.54 Å². The van der Waals surface area contributed by atoms with Gasteiger partial charge in [-0.1, -0.05) is 52.9 Å². The van der Waals surface area contributed by atoms with E-state index in [2.05, 4.69) is 20.8 Å². The fourth-order valence-electron chi connectivity index (χ4n) is 3.82. The molecule has 0 unspecified atom stereocenters. The molecule has 0 aromatic heterocycles. The molecule has 0 saturated heterocycles. The minimum absolute atomic E-state index is 0.261. The topological polar surface area (TPSA) is 75.7 Å². The lowest BCUT2D eigenvalue weighted by molar-refractivity contribution is -0.929. The van der Waals surface area contributed by atoms with E-state index in [9.17, 15) is 13.0 Å². The Morgan fingerprint density at radius 2 is 1.10 bits per heavy atom. The second-order valence-electron chi connectivity index (χ2n) is 8.55. The van der Waals surface area contributed by atoms with Gasteiger partial charge in [-0.2, -0.15) is 0 Å². The highest BCUT2D eigenvalue weighted by Crippen LogP contribution is 2.16. The van der Waals surface area contributed by atoms with Crippen LogP contribution in [-0.2, 0) is 19.6 Å². The summed E-state index contributed by atoms with van der Waals surface area (Å²) in [7, 11) is -4.15. The number of nitrogens with zero attached hydrogens (tertiary/aromatic N) is 1. The Hall–Kier alpha value is -0.210. The average molecular weight is 452 g/mol. The van der Waals surface area contributed by atoms with Crippen LogP contribution in [0.1, 0.15) is 91.4 Å². The minimum atomic E-state index is -4.15. The second kappa shape index (κ2) is 19.5. The van der Waals surface area contributed by atoms with Gasteiger partial charge in [0, 0.05) is 18.8 Å². The Morgan fingerprint density at radius 3 is 1.60 bits per heavy atom. The van der Waals surface area contributed by atoms with Crippen molar-refractivity contribution in [3.63, 3.8) is 0 Å². The Morgan fingerprint density at radius 1 is 0.600 bits per heavy atom. The molecule has 0 aliphatic heterocycles. The van der Waals surface area contributed by atoms with Crippen molar-refractivity contribution >= 4 is 10.1 Å². The summed E-state index contributed by atoms with van der Waals surface area (Å²) in [4.78, 5) is 0. The van der Waals surface area contributed by atoms with Gasteiger partial charge in [-0.3, -0.25) is 0 Å². The Bertz CT molecular complexity index is 458. The predicted octanol–water partition coefficient (Wildman–Crippen LogP) is 4.73. The van der Waals surface area contributed by atoms with Gasteiger partial charge in [-0.15, -0.1) is 0 Å². The van der Waals surface area contributed by atoms with Crippen LogP contribution in [0.15, 0.2) is 0 Å². The number of ether oxygens (including phenoxy) is 2. The van der Waals surface area contributed by atoms with E-state index in [4.69, 9.17) is 9.47 Å². The van der Waals surface area contributed by atoms with Gasteiger partial charge in [-0.05, 0) is 32.1 Å². The van der Waals surface area contributed by atoms with Crippen molar-refractivity contribution in [2.45, 2.75) is 91.4 Å². The summed E-state index contributed by atoms with van der Waals surface area (Å²) in [5.41, 5.74) is 0. The Balaban J connectivity index is 4.73. The standard InChI is InChI=1S/C23H49NO5S/c1-4-7-10-12-15-24(16-13-11-8-5-2,17-14-23-30(25,26)27)18-20-29-22-21-28-19-9-6-3/h4-23H2,1-3H3. The molecule has 0 bridgehead atoms. The SMILES string of the molecule is CCCCCC[N+](CCCCCC)(CCCS(=O)(=O)[O-])CCOCCOCCCC. The maximum absolute atomic E-state index is 11.1. The number of quaternary nitrogens is 1. The van der Waals surface area contributed by atoms with Gasteiger partial charge in [0.25, 0.3) is 0 Å². The van der Waals surface area contributed by atoms with E-state index >= 15 is 0 Å². The van der Waals surface area contributed by atoms with Crippen molar-refractivity contribution < 1.29 is 26.9 Å². The van der Waals surface area contributed by atoms with Gasteiger partial charge in [0.05, 0.1) is 49.6 Å². The van der Waals surface area contributed by atoms with Gasteiger partial charge in [-0.25, -0.2) is 8.42 Å². The highest BCUT2D eigenvalue weighted by Gasteiger charge is 2.26. The van der Waals surface area contributed by atoms with Crippen LogP contribution in [0.5, 0.6) is 0 Å². The molecule has 0 heterocycles. The third-order valence-electron chi connectivity index (χ3n) is 5.72. The molecule has 0 fully saturated rings. The maximum atomic E-state index is 11.1. The molecule has 0 aromatic rings. The molecule has 0 atom stereocenters. The zero-order valence-corrected chi connectivity index (χ0v) is 20.9. The molecule has 0 aliphatic rings. The summed E-state index contributed by atoms with van der Waals surface area (Å²) in [6.45, 7) is 13.0. The monoisotopic (exact) mass is 451 g/mol. The quantitative estimate of drug-likeness (QED) is 0.127. The molecule has 0 aliphatic carbocycles. The minimum Gasteiger partial charge on any atom is -0.748 e. The van der Waals surface area contributed by atoms with Gasteiger partial charge < -0.3 is 18.5 Å². The summed E-state index contributed by atoms with van der Waals surface area (Å²) >= 11 is 0.